The second kappa shape index (κ2) is 6.71. The van der Waals surface area contributed by atoms with Gasteiger partial charge in [0.1, 0.15) is 0 Å². The normalized spacial score (nSPS) is 11.1. The van der Waals surface area contributed by atoms with Gasteiger partial charge in [-0.3, -0.25) is 0 Å². The topological polar surface area (TPSA) is 4.93 Å². The summed E-state index contributed by atoms with van der Waals surface area (Å²) in [6, 6.07) is 17.3. The molecule has 3 rings (SSSR count). The molecule has 1 heterocycles. The summed E-state index contributed by atoms with van der Waals surface area (Å²) < 4.78 is 3.51. The quantitative estimate of drug-likeness (QED) is 0.497. The number of thioether (sulfide) groups is 1. The monoisotopic (exact) mass is 359 g/mol. The number of aryl methyl sites for hydroxylation is 1. The zero-order valence-electron chi connectivity index (χ0n) is 12.1. The van der Waals surface area contributed by atoms with Gasteiger partial charge in [-0.1, -0.05) is 53.2 Å². The third-order valence-corrected chi connectivity index (χ3v) is 5.17. The van der Waals surface area contributed by atoms with Gasteiger partial charge in [0, 0.05) is 38.8 Å². The molecule has 1 aromatic heterocycles. The zero-order chi connectivity index (χ0) is 14.7. The molecule has 0 atom stereocenters. The van der Waals surface area contributed by atoms with Gasteiger partial charge in [0.05, 0.1) is 0 Å². The Kier molecular flexibility index (Phi) is 4.71. The summed E-state index contributed by atoms with van der Waals surface area (Å²) in [5.74, 6) is 1.01. The molecular formula is C18H18BrNS. The fourth-order valence-corrected chi connectivity index (χ4v) is 3.80. The van der Waals surface area contributed by atoms with Gasteiger partial charge in [-0.2, -0.15) is 0 Å². The first kappa shape index (κ1) is 14.7. The first-order chi connectivity index (χ1) is 10.3. The molecule has 0 radical (unpaired) electrons. The highest BCUT2D eigenvalue weighted by molar-refractivity contribution is 9.10. The summed E-state index contributed by atoms with van der Waals surface area (Å²) >= 11 is 5.40. The molecule has 0 spiro atoms. The summed E-state index contributed by atoms with van der Waals surface area (Å²) in [6.07, 6.45) is 3.47. The number of rotatable bonds is 5. The molecule has 0 saturated carbocycles. The number of fused-ring (bicyclic) bond motifs is 1. The largest absolute Gasteiger partial charge is 0.346 e. The molecule has 21 heavy (non-hydrogen) atoms. The molecule has 0 unspecified atom stereocenters. The van der Waals surface area contributed by atoms with E-state index in [1.165, 1.54) is 21.4 Å². The lowest BCUT2D eigenvalue weighted by atomic mass is 10.2. The van der Waals surface area contributed by atoms with Crippen LogP contribution in [0.3, 0.4) is 0 Å². The van der Waals surface area contributed by atoms with E-state index in [-0.39, 0.29) is 0 Å². The maximum atomic E-state index is 3.48. The van der Waals surface area contributed by atoms with Crippen molar-refractivity contribution in [3.8, 4) is 0 Å². The Balaban J connectivity index is 1.84. The molecule has 0 saturated heterocycles. The maximum absolute atomic E-state index is 3.48. The third kappa shape index (κ3) is 3.35. The van der Waals surface area contributed by atoms with E-state index in [2.05, 4.69) is 82.1 Å². The number of halogens is 1. The molecule has 0 fully saturated rings. The number of benzene rings is 2. The molecule has 0 aliphatic carbocycles. The standard InChI is InChI=1S/C18H18BrNS/c1-2-11-20-12-18(16-5-3-4-6-17(16)20)21-13-14-7-9-15(19)10-8-14/h3-10,12H,2,11,13H2,1H3. The van der Waals surface area contributed by atoms with E-state index in [1.54, 1.807) is 0 Å². The van der Waals surface area contributed by atoms with Crippen molar-refractivity contribution >= 4 is 38.6 Å². The SMILES string of the molecule is CCCn1cc(SCc2ccc(Br)cc2)c2ccccc21. The first-order valence-electron chi connectivity index (χ1n) is 7.23. The van der Waals surface area contributed by atoms with Crippen LogP contribution >= 0.6 is 27.7 Å². The molecule has 0 amide bonds. The lowest BCUT2D eigenvalue weighted by molar-refractivity contribution is 0.700. The van der Waals surface area contributed by atoms with E-state index in [4.69, 9.17) is 0 Å². The number of nitrogens with zero attached hydrogens (tertiary/aromatic N) is 1. The minimum absolute atomic E-state index is 1.01. The molecule has 0 bridgehead atoms. The van der Waals surface area contributed by atoms with Crippen molar-refractivity contribution in [3.63, 3.8) is 0 Å². The molecule has 108 valence electrons. The molecule has 0 aliphatic rings. The first-order valence-corrected chi connectivity index (χ1v) is 9.01. The van der Waals surface area contributed by atoms with E-state index >= 15 is 0 Å². The van der Waals surface area contributed by atoms with E-state index in [0.717, 1.165) is 23.2 Å². The number of hydrogen-bond acceptors (Lipinski definition) is 1. The summed E-state index contributed by atoms with van der Waals surface area (Å²) in [4.78, 5) is 1.38. The summed E-state index contributed by atoms with van der Waals surface area (Å²) in [6.45, 7) is 3.31. The van der Waals surface area contributed by atoms with Gasteiger partial charge in [-0.15, -0.1) is 11.8 Å². The van der Waals surface area contributed by atoms with Gasteiger partial charge in [0.25, 0.3) is 0 Å². The van der Waals surface area contributed by atoms with E-state index in [1.807, 2.05) is 11.8 Å². The van der Waals surface area contributed by atoms with Gasteiger partial charge < -0.3 is 4.57 Å². The molecule has 0 aliphatic heterocycles. The van der Waals surface area contributed by atoms with Gasteiger partial charge in [0.2, 0.25) is 0 Å². The van der Waals surface area contributed by atoms with Crippen LogP contribution in [0.4, 0.5) is 0 Å². The Morgan fingerprint density at radius 3 is 2.57 bits per heavy atom. The van der Waals surface area contributed by atoms with Crippen molar-refractivity contribution in [2.45, 2.75) is 30.5 Å². The molecule has 3 heteroatoms. The highest BCUT2D eigenvalue weighted by Crippen LogP contribution is 2.32. The van der Waals surface area contributed by atoms with Crippen LogP contribution in [0.1, 0.15) is 18.9 Å². The summed E-state index contributed by atoms with van der Waals surface area (Å²) in [7, 11) is 0. The van der Waals surface area contributed by atoms with E-state index in [0.29, 0.717) is 0 Å². The van der Waals surface area contributed by atoms with Crippen molar-refractivity contribution in [1.82, 2.24) is 4.57 Å². The van der Waals surface area contributed by atoms with Gasteiger partial charge in [0.15, 0.2) is 0 Å². The lowest BCUT2D eigenvalue weighted by Gasteiger charge is -2.01. The smallest absolute Gasteiger partial charge is 0.0491 e. The summed E-state index contributed by atoms with van der Waals surface area (Å²) in [5, 5.41) is 1.37. The maximum Gasteiger partial charge on any atom is 0.0491 e. The molecular weight excluding hydrogens is 342 g/mol. The molecule has 3 aromatic rings. The molecule has 0 N–H and O–H groups in total. The molecule has 1 nitrogen and oxygen atoms in total. The van der Waals surface area contributed by atoms with Crippen LogP contribution < -0.4 is 0 Å². The van der Waals surface area contributed by atoms with E-state index < -0.39 is 0 Å². The number of para-hydroxylation sites is 1. The Labute approximate surface area is 138 Å². The van der Waals surface area contributed by atoms with Crippen LogP contribution in [-0.4, -0.2) is 4.57 Å². The minimum atomic E-state index is 1.01. The average Bonchev–Trinajstić information content (AvgIpc) is 2.86. The summed E-state index contributed by atoms with van der Waals surface area (Å²) in [5.41, 5.74) is 2.70. The van der Waals surface area contributed by atoms with Crippen LogP contribution in [0, 0.1) is 0 Å². The van der Waals surface area contributed by atoms with Crippen molar-refractivity contribution in [2.24, 2.45) is 0 Å². The van der Waals surface area contributed by atoms with Gasteiger partial charge >= 0.3 is 0 Å². The fraction of sp³-hybridized carbons (Fsp3) is 0.222. The Morgan fingerprint density at radius 2 is 1.81 bits per heavy atom. The molecule has 2 aromatic carbocycles. The fourth-order valence-electron chi connectivity index (χ4n) is 2.50. The zero-order valence-corrected chi connectivity index (χ0v) is 14.5. The highest BCUT2D eigenvalue weighted by atomic mass is 79.9. The van der Waals surface area contributed by atoms with Crippen molar-refractivity contribution in [3.05, 3.63) is 64.8 Å². The predicted octanol–water partition coefficient (Wildman–Crippen LogP) is 6.11. The van der Waals surface area contributed by atoms with Crippen LogP contribution in [0.15, 0.2) is 64.1 Å². The second-order valence-electron chi connectivity index (χ2n) is 5.12. The predicted molar refractivity (Wildman–Crippen MR) is 95.9 cm³/mol. The van der Waals surface area contributed by atoms with Crippen molar-refractivity contribution in [1.29, 1.82) is 0 Å². The lowest BCUT2D eigenvalue weighted by Crippen LogP contribution is -1.93. The third-order valence-electron chi connectivity index (χ3n) is 3.52. The van der Waals surface area contributed by atoms with Crippen LogP contribution in [-0.2, 0) is 12.3 Å². The Bertz CT molecular complexity index is 731. The van der Waals surface area contributed by atoms with Crippen LogP contribution in [0.25, 0.3) is 10.9 Å². The minimum Gasteiger partial charge on any atom is -0.346 e. The van der Waals surface area contributed by atoms with E-state index in [9.17, 15) is 0 Å². The highest BCUT2D eigenvalue weighted by Gasteiger charge is 2.08. The van der Waals surface area contributed by atoms with Crippen molar-refractivity contribution < 1.29 is 0 Å². The van der Waals surface area contributed by atoms with Gasteiger partial charge in [-0.25, -0.2) is 0 Å². The van der Waals surface area contributed by atoms with Crippen LogP contribution in [0.2, 0.25) is 0 Å². The van der Waals surface area contributed by atoms with Crippen LogP contribution in [0.5, 0.6) is 0 Å². The average molecular weight is 360 g/mol. The van der Waals surface area contributed by atoms with Gasteiger partial charge in [-0.05, 0) is 30.2 Å². The van der Waals surface area contributed by atoms with Crippen molar-refractivity contribution in [2.75, 3.05) is 0 Å². The Morgan fingerprint density at radius 1 is 1.05 bits per heavy atom. The number of aromatic nitrogens is 1. The second-order valence-corrected chi connectivity index (χ2v) is 7.05. The Hall–Kier alpha value is -1.19. The number of hydrogen-bond donors (Lipinski definition) is 0.